The van der Waals surface area contributed by atoms with E-state index in [1.165, 1.54) is 0 Å². The first kappa shape index (κ1) is 22.3. The molecule has 0 spiro atoms. The molecule has 3 aromatic carbocycles. The smallest absolute Gasteiger partial charge is 0.340 e. The fourth-order valence-electron chi connectivity index (χ4n) is 4.00. The lowest BCUT2D eigenvalue weighted by Gasteiger charge is -2.17. The number of aromatic hydroxyl groups is 1. The molecule has 6 nitrogen and oxygen atoms in total. The lowest BCUT2D eigenvalue weighted by atomic mass is 9.98. The van der Waals surface area contributed by atoms with Crippen LogP contribution in [0.25, 0.3) is 11.0 Å². The zero-order chi connectivity index (χ0) is 23.4. The number of phenolic OH excluding ortho intramolecular Hbond substituents is 1. The molecule has 33 heavy (non-hydrogen) atoms. The SMILES string of the molecule is Cc1c(Cc2ccccc2)c(=O)oc2c(CN[C@H](Cc3ccccc3)C(=O)O)c(O)ccc12. The summed E-state index contributed by atoms with van der Waals surface area (Å²) in [5, 5.41) is 23.8. The van der Waals surface area contributed by atoms with Crippen molar-refractivity contribution in [2.24, 2.45) is 0 Å². The fourth-order valence-corrected chi connectivity index (χ4v) is 4.00. The van der Waals surface area contributed by atoms with Crippen molar-refractivity contribution in [3.8, 4) is 5.75 Å². The molecule has 0 bridgehead atoms. The van der Waals surface area contributed by atoms with Gasteiger partial charge in [-0.2, -0.15) is 0 Å². The van der Waals surface area contributed by atoms with Gasteiger partial charge >= 0.3 is 11.6 Å². The molecule has 0 radical (unpaired) electrons. The molecule has 3 N–H and O–H groups in total. The molecule has 0 saturated heterocycles. The molecule has 0 amide bonds. The number of rotatable bonds is 8. The highest BCUT2D eigenvalue weighted by Crippen LogP contribution is 2.30. The van der Waals surface area contributed by atoms with E-state index < -0.39 is 17.6 Å². The molecule has 1 aromatic heterocycles. The molecule has 0 saturated carbocycles. The Bertz CT molecular complexity index is 1330. The van der Waals surface area contributed by atoms with Crippen LogP contribution >= 0.6 is 0 Å². The molecule has 0 fully saturated rings. The average Bonchev–Trinajstić information content (AvgIpc) is 2.81. The number of hydrogen-bond acceptors (Lipinski definition) is 5. The second-order valence-electron chi connectivity index (χ2n) is 8.06. The van der Waals surface area contributed by atoms with Gasteiger partial charge < -0.3 is 14.6 Å². The quantitative estimate of drug-likeness (QED) is 0.353. The van der Waals surface area contributed by atoms with Gasteiger partial charge in [-0.25, -0.2) is 4.79 Å². The number of aliphatic carboxylic acids is 1. The van der Waals surface area contributed by atoms with Gasteiger partial charge in [0.05, 0.1) is 5.56 Å². The monoisotopic (exact) mass is 443 g/mol. The van der Waals surface area contributed by atoms with E-state index in [2.05, 4.69) is 5.32 Å². The van der Waals surface area contributed by atoms with Crippen molar-refractivity contribution in [3.05, 3.63) is 111 Å². The van der Waals surface area contributed by atoms with Crippen LogP contribution in [0, 0.1) is 6.92 Å². The van der Waals surface area contributed by atoms with Crippen molar-refractivity contribution >= 4 is 16.9 Å². The highest BCUT2D eigenvalue weighted by atomic mass is 16.4. The Labute approximate surface area is 191 Å². The molecule has 0 aliphatic heterocycles. The predicted octanol–water partition coefficient (Wildman–Crippen LogP) is 4.18. The van der Waals surface area contributed by atoms with Crippen molar-refractivity contribution in [2.75, 3.05) is 0 Å². The molecule has 6 heteroatoms. The van der Waals surface area contributed by atoms with Gasteiger partial charge in [0.1, 0.15) is 17.4 Å². The third-order valence-corrected chi connectivity index (χ3v) is 5.86. The first-order chi connectivity index (χ1) is 15.9. The topological polar surface area (TPSA) is 99.8 Å². The van der Waals surface area contributed by atoms with E-state index in [1.807, 2.05) is 67.6 Å². The van der Waals surface area contributed by atoms with Crippen LogP contribution in [-0.2, 0) is 24.2 Å². The van der Waals surface area contributed by atoms with Crippen LogP contribution in [0.15, 0.2) is 82.0 Å². The molecule has 1 atom stereocenters. The van der Waals surface area contributed by atoms with E-state index in [4.69, 9.17) is 4.42 Å². The maximum atomic E-state index is 12.8. The number of carbonyl (C=O) groups is 1. The molecule has 1 heterocycles. The minimum absolute atomic E-state index is 0.0351. The lowest BCUT2D eigenvalue weighted by molar-refractivity contribution is -0.139. The van der Waals surface area contributed by atoms with Crippen molar-refractivity contribution in [2.45, 2.75) is 32.4 Å². The van der Waals surface area contributed by atoms with Gasteiger partial charge in [0.2, 0.25) is 0 Å². The number of benzene rings is 3. The van der Waals surface area contributed by atoms with Crippen LogP contribution in [0.1, 0.15) is 27.8 Å². The Hall–Kier alpha value is -3.90. The van der Waals surface area contributed by atoms with E-state index in [1.54, 1.807) is 12.1 Å². The Balaban J connectivity index is 1.65. The van der Waals surface area contributed by atoms with E-state index in [-0.39, 0.29) is 24.3 Å². The zero-order valence-corrected chi connectivity index (χ0v) is 18.2. The maximum absolute atomic E-state index is 12.8. The summed E-state index contributed by atoms with van der Waals surface area (Å²) in [5.74, 6) is -1.06. The average molecular weight is 443 g/mol. The molecule has 0 unspecified atom stereocenters. The number of phenols is 1. The van der Waals surface area contributed by atoms with Gasteiger partial charge in [-0.05, 0) is 42.2 Å². The van der Waals surface area contributed by atoms with E-state index in [0.717, 1.165) is 16.7 Å². The second-order valence-corrected chi connectivity index (χ2v) is 8.06. The van der Waals surface area contributed by atoms with Crippen LogP contribution in [0.2, 0.25) is 0 Å². The summed E-state index contributed by atoms with van der Waals surface area (Å²) >= 11 is 0. The lowest BCUT2D eigenvalue weighted by Crippen LogP contribution is -2.38. The van der Waals surface area contributed by atoms with Crippen molar-refractivity contribution in [3.63, 3.8) is 0 Å². The standard InChI is InChI=1S/C27H25NO5/c1-17-20-12-13-24(29)22(16-28-23(26(30)31)15-19-10-6-3-7-11-19)25(20)33-27(32)21(17)14-18-8-4-2-5-9-18/h2-13,23,28-29H,14-16H2,1H3,(H,30,31)/t23-/m1/s1. The molecule has 4 rings (SSSR count). The van der Waals surface area contributed by atoms with Gasteiger partial charge in [0, 0.05) is 23.9 Å². The zero-order valence-electron chi connectivity index (χ0n) is 18.2. The first-order valence-electron chi connectivity index (χ1n) is 10.7. The summed E-state index contributed by atoms with van der Waals surface area (Å²) in [6.45, 7) is 1.90. The van der Waals surface area contributed by atoms with E-state index >= 15 is 0 Å². The normalized spacial score (nSPS) is 12.0. The Morgan fingerprint density at radius 2 is 1.58 bits per heavy atom. The third kappa shape index (κ3) is 4.96. The number of nitrogens with one attached hydrogen (secondary N) is 1. The number of hydrogen-bond donors (Lipinski definition) is 3. The molecule has 0 aliphatic rings. The Morgan fingerprint density at radius 1 is 0.939 bits per heavy atom. The van der Waals surface area contributed by atoms with Crippen LogP contribution in [0.3, 0.4) is 0 Å². The van der Waals surface area contributed by atoms with Crippen molar-refractivity contribution in [1.82, 2.24) is 5.32 Å². The molecule has 4 aromatic rings. The van der Waals surface area contributed by atoms with Gasteiger partial charge in [0.25, 0.3) is 0 Å². The Morgan fingerprint density at radius 3 is 2.21 bits per heavy atom. The number of carboxylic acid groups (broad SMARTS) is 1. The van der Waals surface area contributed by atoms with Crippen LogP contribution in [-0.4, -0.2) is 22.2 Å². The summed E-state index contributed by atoms with van der Waals surface area (Å²) in [6, 6.07) is 21.4. The maximum Gasteiger partial charge on any atom is 0.340 e. The number of carboxylic acids is 1. The minimum Gasteiger partial charge on any atom is -0.507 e. The van der Waals surface area contributed by atoms with Crippen molar-refractivity contribution < 1.29 is 19.4 Å². The summed E-state index contributed by atoms with van der Waals surface area (Å²) < 4.78 is 5.67. The summed E-state index contributed by atoms with van der Waals surface area (Å²) in [5.41, 5.74) is 3.39. The highest BCUT2D eigenvalue weighted by Gasteiger charge is 2.21. The first-order valence-corrected chi connectivity index (χ1v) is 10.7. The van der Waals surface area contributed by atoms with Gasteiger partial charge in [-0.3, -0.25) is 10.1 Å². The second kappa shape index (κ2) is 9.71. The van der Waals surface area contributed by atoms with Gasteiger partial charge in [0.15, 0.2) is 0 Å². The minimum atomic E-state index is -0.999. The van der Waals surface area contributed by atoms with Gasteiger partial charge in [-0.15, -0.1) is 0 Å². The summed E-state index contributed by atoms with van der Waals surface area (Å²) in [6.07, 6.45) is 0.726. The molecule has 168 valence electrons. The Kier molecular flexibility index (Phi) is 6.56. The van der Waals surface area contributed by atoms with Crippen LogP contribution in [0.5, 0.6) is 5.75 Å². The fraction of sp³-hybridized carbons (Fsp3) is 0.185. The predicted molar refractivity (Wildman–Crippen MR) is 127 cm³/mol. The largest absolute Gasteiger partial charge is 0.507 e. The molecular weight excluding hydrogens is 418 g/mol. The molecular formula is C27H25NO5. The highest BCUT2D eigenvalue weighted by molar-refractivity contribution is 5.86. The van der Waals surface area contributed by atoms with E-state index in [9.17, 15) is 19.8 Å². The number of aryl methyl sites for hydroxylation is 1. The van der Waals surface area contributed by atoms with Gasteiger partial charge in [-0.1, -0.05) is 60.7 Å². The number of fused-ring (bicyclic) bond motifs is 1. The molecule has 0 aliphatic carbocycles. The van der Waals surface area contributed by atoms with Crippen molar-refractivity contribution in [1.29, 1.82) is 0 Å². The van der Waals surface area contributed by atoms with E-state index in [0.29, 0.717) is 22.9 Å². The van der Waals surface area contributed by atoms with Crippen LogP contribution < -0.4 is 10.9 Å². The summed E-state index contributed by atoms with van der Waals surface area (Å²) in [4.78, 5) is 24.6. The van der Waals surface area contributed by atoms with Crippen LogP contribution in [0.4, 0.5) is 0 Å². The summed E-state index contributed by atoms with van der Waals surface area (Å²) in [7, 11) is 0. The third-order valence-electron chi connectivity index (χ3n) is 5.86.